The number of para-hydroxylation sites is 1. The van der Waals surface area contributed by atoms with E-state index in [1.165, 1.54) is 11.9 Å². The molecule has 0 bridgehead atoms. The van der Waals surface area contributed by atoms with Crippen LogP contribution in [-0.2, 0) is 11.2 Å². The van der Waals surface area contributed by atoms with Crippen molar-refractivity contribution in [3.05, 3.63) is 60.4 Å². The standard InChI is InChI=1S/C17H16N2O2/c1-20-11-10-13-6-8-14(9-7-13)21-17-15-4-2-3-5-16(15)18-12-19-17/h2-9,12H,10-11H2,1H3. The number of methoxy groups -OCH3 is 1. The fraction of sp³-hybridized carbons (Fsp3) is 0.176. The Labute approximate surface area is 123 Å². The molecule has 21 heavy (non-hydrogen) atoms. The van der Waals surface area contributed by atoms with Crippen LogP contribution in [0.25, 0.3) is 10.9 Å². The van der Waals surface area contributed by atoms with Gasteiger partial charge in [0, 0.05) is 7.11 Å². The molecule has 0 saturated heterocycles. The highest BCUT2D eigenvalue weighted by molar-refractivity contribution is 5.83. The van der Waals surface area contributed by atoms with Crippen LogP contribution in [0.5, 0.6) is 11.6 Å². The molecule has 3 rings (SSSR count). The number of fused-ring (bicyclic) bond motifs is 1. The van der Waals surface area contributed by atoms with Gasteiger partial charge in [-0.25, -0.2) is 9.97 Å². The topological polar surface area (TPSA) is 44.2 Å². The summed E-state index contributed by atoms with van der Waals surface area (Å²) < 4.78 is 10.9. The number of rotatable bonds is 5. The lowest BCUT2D eigenvalue weighted by Crippen LogP contribution is -1.95. The van der Waals surface area contributed by atoms with Gasteiger partial charge in [0.25, 0.3) is 0 Å². The molecule has 0 aliphatic rings. The van der Waals surface area contributed by atoms with E-state index in [4.69, 9.17) is 9.47 Å². The molecule has 4 nitrogen and oxygen atoms in total. The van der Waals surface area contributed by atoms with Gasteiger partial charge in [0.15, 0.2) is 0 Å². The van der Waals surface area contributed by atoms with E-state index in [2.05, 4.69) is 9.97 Å². The first kappa shape index (κ1) is 13.5. The van der Waals surface area contributed by atoms with Crippen LogP contribution in [0, 0.1) is 0 Å². The summed E-state index contributed by atoms with van der Waals surface area (Å²) >= 11 is 0. The maximum absolute atomic E-state index is 5.87. The third-order valence-corrected chi connectivity index (χ3v) is 3.24. The van der Waals surface area contributed by atoms with E-state index >= 15 is 0 Å². The largest absolute Gasteiger partial charge is 0.438 e. The highest BCUT2D eigenvalue weighted by Gasteiger charge is 2.05. The molecule has 4 heteroatoms. The van der Waals surface area contributed by atoms with Crippen molar-refractivity contribution in [2.75, 3.05) is 13.7 Å². The van der Waals surface area contributed by atoms with E-state index < -0.39 is 0 Å². The molecule has 0 atom stereocenters. The third kappa shape index (κ3) is 3.17. The summed E-state index contributed by atoms with van der Waals surface area (Å²) in [5.41, 5.74) is 2.09. The minimum Gasteiger partial charge on any atom is -0.438 e. The van der Waals surface area contributed by atoms with Crippen molar-refractivity contribution in [2.24, 2.45) is 0 Å². The summed E-state index contributed by atoms with van der Waals surface area (Å²) in [5, 5.41) is 0.906. The Morgan fingerprint density at radius 1 is 0.952 bits per heavy atom. The van der Waals surface area contributed by atoms with Crippen molar-refractivity contribution >= 4 is 10.9 Å². The molecule has 0 aliphatic carbocycles. The summed E-state index contributed by atoms with van der Waals surface area (Å²) in [7, 11) is 1.71. The Morgan fingerprint density at radius 2 is 1.76 bits per heavy atom. The summed E-state index contributed by atoms with van der Waals surface area (Å²) in [4.78, 5) is 8.45. The number of hydrogen-bond donors (Lipinski definition) is 0. The number of nitrogens with zero attached hydrogens (tertiary/aromatic N) is 2. The average molecular weight is 280 g/mol. The van der Waals surface area contributed by atoms with Gasteiger partial charge in [-0.1, -0.05) is 24.3 Å². The van der Waals surface area contributed by atoms with Crippen LogP contribution in [0.2, 0.25) is 0 Å². The van der Waals surface area contributed by atoms with Gasteiger partial charge in [0.2, 0.25) is 5.88 Å². The van der Waals surface area contributed by atoms with Crippen molar-refractivity contribution in [3.8, 4) is 11.6 Å². The first-order chi connectivity index (χ1) is 10.4. The van der Waals surface area contributed by atoms with Crippen LogP contribution in [0.1, 0.15) is 5.56 Å². The molecule has 106 valence electrons. The zero-order valence-electron chi connectivity index (χ0n) is 11.8. The van der Waals surface area contributed by atoms with E-state index in [1.54, 1.807) is 7.11 Å². The van der Waals surface area contributed by atoms with Crippen LogP contribution in [0.4, 0.5) is 0 Å². The van der Waals surface area contributed by atoms with Crippen molar-refractivity contribution in [2.45, 2.75) is 6.42 Å². The molecule has 1 heterocycles. The van der Waals surface area contributed by atoms with E-state index in [9.17, 15) is 0 Å². The van der Waals surface area contributed by atoms with Crippen LogP contribution >= 0.6 is 0 Å². The maximum Gasteiger partial charge on any atom is 0.230 e. The number of aromatic nitrogens is 2. The third-order valence-electron chi connectivity index (χ3n) is 3.24. The van der Waals surface area contributed by atoms with E-state index in [1.807, 2.05) is 48.5 Å². The Bertz CT molecular complexity index is 721. The van der Waals surface area contributed by atoms with Gasteiger partial charge in [-0.3, -0.25) is 0 Å². The second-order valence-electron chi connectivity index (χ2n) is 4.68. The predicted octanol–water partition coefficient (Wildman–Crippen LogP) is 3.61. The minimum absolute atomic E-state index is 0.574. The Kier molecular flexibility index (Phi) is 4.07. The SMILES string of the molecule is COCCc1ccc(Oc2ncnc3ccccc23)cc1. The highest BCUT2D eigenvalue weighted by atomic mass is 16.5. The summed E-state index contributed by atoms with van der Waals surface area (Å²) in [6, 6.07) is 15.8. The zero-order valence-corrected chi connectivity index (χ0v) is 11.8. The Balaban J connectivity index is 1.82. The first-order valence-electron chi connectivity index (χ1n) is 6.82. The smallest absolute Gasteiger partial charge is 0.230 e. The van der Waals surface area contributed by atoms with Gasteiger partial charge in [-0.2, -0.15) is 0 Å². The molecule has 0 N–H and O–H groups in total. The fourth-order valence-corrected chi connectivity index (χ4v) is 2.12. The van der Waals surface area contributed by atoms with Gasteiger partial charge >= 0.3 is 0 Å². The molecular formula is C17H16N2O2. The number of benzene rings is 2. The van der Waals surface area contributed by atoms with Crippen molar-refractivity contribution in [1.82, 2.24) is 9.97 Å². The molecular weight excluding hydrogens is 264 g/mol. The second kappa shape index (κ2) is 6.33. The van der Waals surface area contributed by atoms with Crippen LogP contribution in [0.15, 0.2) is 54.9 Å². The normalized spacial score (nSPS) is 10.7. The lowest BCUT2D eigenvalue weighted by molar-refractivity contribution is 0.202. The van der Waals surface area contributed by atoms with E-state index in [0.717, 1.165) is 29.7 Å². The molecule has 0 unspecified atom stereocenters. The lowest BCUT2D eigenvalue weighted by atomic mass is 10.1. The minimum atomic E-state index is 0.574. The first-order valence-corrected chi connectivity index (χ1v) is 6.82. The molecule has 0 spiro atoms. The molecule has 0 saturated carbocycles. The zero-order chi connectivity index (χ0) is 14.5. The summed E-state index contributed by atoms with van der Waals surface area (Å²) in [6.45, 7) is 0.719. The molecule has 0 aliphatic heterocycles. The Hall–Kier alpha value is -2.46. The molecule has 0 radical (unpaired) electrons. The summed E-state index contributed by atoms with van der Waals surface area (Å²) in [6.07, 6.45) is 2.41. The number of ether oxygens (including phenoxy) is 2. The van der Waals surface area contributed by atoms with Crippen molar-refractivity contribution in [1.29, 1.82) is 0 Å². The Morgan fingerprint density at radius 3 is 2.57 bits per heavy atom. The maximum atomic E-state index is 5.87. The molecule has 1 aromatic heterocycles. The van der Waals surface area contributed by atoms with Crippen molar-refractivity contribution in [3.63, 3.8) is 0 Å². The van der Waals surface area contributed by atoms with E-state index in [-0.39, 0.29) is 0 Å². The lowest BCUT2D eigenvalue weighted by Gasteiger charge is -2.08. The fourth-order valence-electron chi connectivity index (χ4n) is 2.12. The van der Waals surface area contributed by atoms with Gasteiger partial charge in [-0.15, -0.1) is 0 Å². The van der Waals surface area contributed by atoms with Gasteiger partial charge in [0.05, 0.1) is 17.5 Å². The van der Waals surface area contributed by atoms with Gasteiger partial charge in [0.1, 0.15) is 12.1 Å². The molecule has 3 aromatic rings. The quantitative estimate of drug-likeness (QED) is 0.716. The van der Waals surface area contributed by atoms with Crippen LogP contribution in [-0.4, -0.2) is 23.7 Å². The van der Waals surface area contributed by atoms with Crippen LogP contribution in [0.3, 0.4) is 0 Å². The van der Waals surface area contributed by atoms with Gasteiger partial charge in [-0.05, 0) is 36.2 Å². The summed E-state index contributed by atoms with van der Waals surface area (Å²) in [5.74, 6) is 1.34. The van der Waals surface area contributed by atoms with Crippen LogP contribution < -0.4 is 4.74 Å². The highest BCUT2D eigenvalue weighted by Crippen LogP contribution is 2.26. The monoisotopic (exact) mass is 280 g/mol. The van der Waals surface area contributed by atoms with Crippen molar-refractivity contribution < 1.29 is 9.47 Å². The predicted molar refractivity (Wildman–Crippen MR) is 81.6 cm³/mol. The number of hydrogen-bond acceptors (Lipinski definition) is 4. The second-order valence-corrected chi connectivity index (χ2v) is 4.68. The van der Waals surface area contributed by atoms with Gasteiger partial charge < -0.3 is 9.47 Å². The molecule has 0 amide bonds. The van der Waals surface area contributed by atoms with E-state index in [0.29, 0.717) is 5.88 Å². The molecule has 0 fully saturated rings. The average Bonchev–Trinajstić information content (AvgIpc) is 2.55. The molecule has 2 aromatic carbocycles.